The summed E-state index contributed by atoms with van der Waals surface area (Å²) in [6, 6.07) is 8.18. The molecule has 0 aliphatic heterocycles. The molecule has 0 amide bonds. The molecular weight excluding hydrogens is 385 g/mol. The predicted molar refractivity (Wildman–Crippen MR) is 82.1 cm³/mol. The van der Waals surface area contributed by atoms with Crippen LogP contribution in [0.2, 0.25) is 5.02 Å². The lowest BCUT2D eigenvalue weighted by atomic mass is 10.1. The second kappa shape index (κ2) is 5.85. The van der Waals surface area contributed by atoms with Gasteiger partial charge < -0.3 is 5.32 Å². The Hall–Kier alpha value is 0.130. The van der Waals surface area contributed by atoms with Crippen LogP contribution in [0.4, 0.5) is 0 Å². The quantitative estimate of drug-likeness (QED) is 0.750. The number of thiophene rings is 1. The minimum absolute atomic E-state index is 0.106. The first-order valence-electron chi connectivity index (χ1n) is 4.98. The second-order valence-electron chi connectivity index (χ2n) is 3.52. The summed E-state index contributed by atoms with van der Waals surface area (Å²) in [6.07, 6.45) is 0. The van der Waals surface area contributed by atoms with Crippen molar-refractivity contribution in [3.05, 3.63) is 54.1 Å². The van der Waals surface area contributed by atoms with Crippen LogP contribution >= 0.6 is 54.8 Å². The van der Waals surface area contributed by atoms with E-state index in [0.29, 0.717) is 0 Å². The maximum Gasteiger partial charge on any atom is 0.0695 e. The minimum Gasteiger partial charge on any atom is -0.309 e. The van der Waals surface area contributed by atoms with Crippen molar-refractivity contribution in [1.29, 1.82) is 0 Å². The van der Waals surface area contributed by atoms with Crippen LogP contribution in [0.25, 0.3) is 0 Å². The summed E-state index contributed by atoms with van der Waals surface area (Å²) in [4.78, 5) is 1.13. The Morgan fingerprint density at radius 1 is 1.29 bits per heavy atom. The van der Waals surface area contributed by atoms with Crippen molar-refractivity contribution in [2.24, 2.45) is 0 Å². The van der Waals surface area contributed by atoms with Gasteiger partial charge in [0.25, 0.3) is 0 Å². The highest BCUT2D eigenvalue weighted by Crippen LogP contribution is 2.36. The molecule has 1 unspecified atom stereocenters. The second-order valence-corrected chi connectivity index (χ2v) is 6.65. The molecule has 2 rings (SSSR count). The zero-order valence-electron chi connectivity index (χ0n) is 9.01. The molecule has 1 atom stereocenters. The van der Waals surface area contributed by atoms with Crippen molar-refractivity contribution in [3.8, 4) is 0 Å². The molecule has 1 aromatic heterocycles. The Balaban J connectivity index is 2.49. The van der Waals surface area contributed by atoms with Gasteiger partial charge in [0.2, 0.25) is 0 Å². The largest absolute Gasteiger partial charge is 0.309 e. The topological polar surface area (TPSA) is 12.0 Å². The molecule has 0 spiro atoms. The Labute approximate surface area is 126 Å². The molecule has 1 heterocycles. The summed E-state index contributed by atoms with van der Waals surface area (Å²) < 4.78 is 2.13. The van der Waals surface area contributed by atoms with Gasteiger partial charge in [-0.05, 0) is 42.3 Å². The van der Waals surface area contributed by atoms with E-state index in [1.807, 2.05) is 30.6 Å². The zero-order valence-corrected chi connectivity index (χ0v) is 13.8. The van der Waals surface area contributed by atoms with Gasteiger partial charge in [-0.2, -0.15) is 0 Å². The monoisotopic (exact) mass is 393 g/mol. The standard InChI is InChI=1S/C12H10Br2ClNS/c1-16-11(12-10(15)4-5-17-12)8-6-7(13)2-3-9(8)14/h2-6,11,16H,1H3. The molecule has 0 aliphatic rings. The van der Waals surface area contributed by atoms with E-state index in [-0.39, 0.29) is 6.04 Å². The van der Waals surface area contributed by atoms with Crippen LogP contribution in [0.5, 0.6) is 0 Å². The van der Waals surface area contributed by atoms with Gasteiger partial charge in [0.1, 0.15) is 0 Å². The molecule has 0 fully saturated rings. The van der Waals surface area contributed by atoms with Gasteiger partial charge >= 0.3 is 0 Å². The Morgan fingerprint density at radius 3 is 2.65 bits per heavy atom. The van der Waals surface area contributed by atoms with Crippen molar-refractivity contribution in [3.63, 3.8) is 0 Å². The molecular formula is C12H10Br2ClNS. The van der Waals surface area contributed by atoms with Crippen LogP contribution in [0.1, 0.15) is 16.5 Å². The number of hydrogen-bond acceptors (Lipinski definition) is 2. The van der Waals surface area contributed by atoms with E-state index < -0.39 is 0 Å². The lowest BCUT2D eigenvalue weighted by Gasteiger charge is -2.17. The molecule has 0 saturated carbocycles. The van der Waals surface area contributed by atoms with E-state index in [2.05, 4.69) is 43.2 Å². The normalized spacial score (nSPS) is 12.7. The maximum atomic E-state index is 6.20. The molecule has 1 aromatic carbocycles. The number of nitrogens with one attached hydrogen (secondary N) is 1. The van der Waals surface area contributed by atoms with Crippen molar-refractivity contribution in [2.45, 2.75) is 6.04 Å². The summed E-state index contributed by atoms with van der Waals surface area (Å²) in [5.41, 5.74) is 1.17. The molecule has 0 bridgehead atoms. The number of benzene rings is 1. The smallest absolute Gasteiger partial charge is 0.0695 e. The number of hydrogen-bond donors (Lipinski definition) is 1. The molecule has 17 heavy (non-hydrogen) atoms. The molecule has 0 radical (unpaired) electrons. The third-order valence-corrected chi connectivity index (χ3v) is 5.10. The Kier molecular flexibility index (Phi) is 4.66. The summed E-state index contributed by atoms with van der Waals surface area (Å²) in [5, 5.41) is 6.12. The predicted octanol–water partition coefficient (Wildman–Crippen LogP) is 5.24. The molecule has 0 aliphatic carbocycles. The van der Waals surface area contributed by atoms with Gasteiger partial charge in [-0.1, -0.05) is 43.5 Å². The van der Waals surface area contributed by atoms with E-state index in [1.165, 1.54) is 5.56 Å². The third kappa shape index (κ3) is 2.93. The number of halogens is 3. The summed E-state index contributed by atoms with van der Waals surface area (Å²) >= 11 is 14.9. The molecule has 1 N–H and O–H groups in total. The lowest BCUT2D eigenvalue weighted by Crippen LogP contribution is -2.17. The fraction of sp³-hybridized carbons (Fsp3) is 0.167. The van der Waals surface area contributed by atoms with Crippen LogP contribution in [-0.4, -0.2) is 7.05 Å². The van der Waals surface area contributed by atoms with E-state index in [1.54, 1.807) is 11.3 Å². The van der Waals surface area contributed by atoms with E-state index in [4.69, 9.17) is 11.6 Å². The first kappa shape index (κ1) is 13.6. The maximum absolute atomic E-state index is 6.20. The average Bonchev–Trinajstić information content (AvgIpc) is 2.71. The molecule has 2 aromatic rings. The fourth-order valence-corrected chi connectivity index (χ4v) is 3.82. The summed E-state index contributed by atoms with van der Waals surface area (Å²) in [5.74, 6) is 0. The highest BCUT2D eigenvalue weighted by atomic mass is 79.9. The first-order chi connectivity index (χ1) is 8.13. The zero-order chi connectivity index (χ0) is 12.4. The first-order valence-corrected chi connectivity index (χ1v) is 7.83. The van der Waals surface area contributed by atoms with Crippen LogP contribution in [0, 0.1) is 0 Å². The lowest BCUT2D eigenvalue weighted by molar-refractivity contribution is 0.700. The van der Waals surface area contributed by atoms with Gasteiger partial charge in [0.15, 0.2) is 0 Å². The minimum atomic E-state index is 0.106. The van der Waals surface area contributed by atoms with Gasteiger partial charge in [0, 0.05) is 13.8 Å². The van der Waals surface area contributed by atoms with E-state index >= 15 is 0 Å². The molecule has 5 heteroatoms. The van der Waals surface area contributed by atoms with Gasteiger partial charge in [-0.25, -0.2) is 0 Å². The third-order valence-electron chi connectivity index (χ3n) is 2.46. The van der Waals surface area contributed by atoms with Crippen molar-refractivity contribution in [2.75, 3.05) is 7.05 Å². The van der Waals surface area contributed by atoms with E-state index in [0.717, 1.165) is 18.8 Å². The Bertz CT molecular complexity index is 527. The molecule has 0 saturated heterocycles. The molecule has 1 nitrogen and oxygen atoms in total. The fourth-order valence-electron chi connectivity index (χ4n) is 1.68. The van der Waals surface area contributed by atoms with Crippen LogP contribution in [-0.2, 0) is 0 Å². The Morgan fingerprint density at radius 2 is 2.06 bits per heavy atom. The van der Waals surface area contributed by atoms with Crippen molar-refractivity contribution < 1.29 is 0 Å². The van der Waals surface area contributed by atoms with E-state index in [9.17, 15) is 0 Å². The van der Waals surface area contributed by atoms with Crippen molar-refractivity contribution >= 4 is 54.8 Å². The van der Waals surface area contributed by atoms with Gasteiger partial charge in [-0.3, -0.25) is 0 Å². The van der Waals surface area contributed by atoms with Gasteiger partial charge in [-0.15, -0.1) is 11.3 Å². The van der Waals surface area contributed by atoms with Crippen LogP contribution < -0.4 is 5.32 Å². The molecule has 90 valence electrons. The van der Waals surface area contributed by atoms with Gasteiger partial charge in [0.05, 0.1) is 11.1 Å². The van der Waals surface area contributed by atoms with Crippen molar-refractivity contribution in [1.82, 2.24) is 5.32 Å². The average molecular weight is 396 g/mol. The summed E-state index contributed by atoms with van der Waals surface area (Å²) in [6.45, 7) is 0. The number of rotatable bonds is 3. The highest BCUT2D eigenvalue weighted by molar-refractivity contribution is 9.11. The highest BCUT2D eigenvalue weighted by Gasteiger charge is 2.19. The van der Waals surface area contributed by atoms with Crippen LogP contribution in [0.3, 0.4) is 0 Å². The summed E-state index contributed by atoms with van der Waals surface area (Å²) in [7, 11) is 1.94. The SMILES string of the molecule is CNC(c1cc(Br)ccc1Br)c1sccc1Cl. The van der Waals surface area contributed by atoms with Crippen LogP contribution in [0.15, 0.2) is 38.6 Å².